The molecule has 0 heterocycles. The number of carbonyl (C=O) groups excluding carboxylic acids is 2. The number of carbonyl (C=O) groups is 2. The van der Waals surface area contributed by atoms with Crippen molar-refractivity contribution in [1.82, 2.24) is 10.0 Å². The molecule has 13 heavy (non-hydrogen) atoms. The summed E-state index contributed by atoms with van der Waals surface area (Å²) in [6.07, 6.45) is -2.04. The van der Waals surface area contributed by atoms with Crippen molar-refractivity contribution >= 4 is 12.3 Å². The van der Waals surface area contributed by atoms with Crippen LogP contribution in [0, 0.1) is 0 Å². The Labute approximate surface area is 76.3 Å². The number of rotatable bonds is 4. The summed E-state index contributed by atoms with van der Waals surface area (Å²) in [6, 6.07) is 0. The zero-order chi connectivity index (χ0) is 10.6. The van der Waals surface area contributed by atoms with Gasteiger partial charge in [-0.05, 0) is 13.8 Å². The van der Waals surface area contributed by atoms with E-state index in [-0.39, 0.29) is 6.41 Å². The van der Waals surface area contributed by atoms with E-state index >= 15 is 0 Å². The van der Waals surface area contributed by atoms with Gasteiger partial charge in [-0.2, -0.15) is 0 Å². The molecule has 2 unspecified atom stereocenters. The van der Waals surface area contributed by atoms with Crippen molar-refractivity contribution in [1.29, 1.82) is 0 Å². The molecule has 0 fully saturated rings. The summed E-state index contributed by atoms with van der Waals surface area (Å²) in [6.45, 7) is 3.82. The molecule has 0 spiro atoms. The number of hydrogen-bond donors (Lipinski definition) is 2. The molecule has 0 aromatic heterocycles. The first-order valence-corrected chi connectivity index (χ1v) is 3.81. The molecule has 6 nitrogen and oxygen atoms in total. The zero-order valence-corrected chi connectivity index (χ0v) is 7.84. The molecular weight excluding hydrogens is 176 g/mol. The van der Waals surface area contributed by atoms with Crippen molar-refractivity contribution in [2.24, 2.45) is 0 Å². The van der Waals surface area contributed by atoms with E-state index in [4.69, 9.17) is 10.2 Å². The molecule has 0 saturated carbocycles. The average Bonchev–Trinajstić information content (AvgIpc) is 1.97. The Morgan fingerprint density at radius 3 is 1.85 bits per heavy atom. The van der Waals surface area contributed by atoms with E-state index in [9.17, 15) is 9.59 Å². The van der Waals surface area contributed by atoms with Crippen LogP contribution in [0.1, 0.15) is 20.8 Å². The Hall–Kier alpha value is -1.14. The summed E-state index contributed by atoms with van der Waals surface area (Å²) in [7, 11) is 0. The third kappa shape index (κ3) is 3.00. The highest BCUT2D eigenvalue weighted by molar-refractivity contribution is 5.74. The van der Waals surface area contributed by atoms with Crippen molar-refractivity contribution in [2.45, 2.75) is 33.2 Å². The van der Waals surface area contributed by atoms with Gasteiger partial charge in [-0.1, -0.05) is 0 Å². The number of nitrogens with zero attached hydrogens (tertiary/aromatic N) is 2. The molecule has 0 radical (unpaired) electrons. The third-order valence-electron chi connectivity index (χ3n) is 1.42. The fraction of sp³-hybridized carbons (Fsp3) is 0.714. The van der Waals surface area contributed by atoms with E-state index in [0.717, 1.165) is 5.01 Å². The average molecular weight is 190 g/mol. The van der Waals surface area contributed by atoms with Gasteiger partial charge < -0.3 is 10.2 Å². The molecule has 0 aliphatic heterocycles. The number of aliphatic hydroxyl groups is 2. The topological polar surface area (TPSA) is 81.1 Å². The Balaban J connectivity index is 4.69. The Kier molecular flexibility index (Phi) is 4.36. The molecular formula is C7H14N2O4. The van der Waals surface area contributed by atoms with Crippen molar-refractivity contribution in [3.05, 3.63) is 0 Å². The van der Waals surface area contributed by atoms with Crippen LogP contribution in [-0.4, -0.2) is 45.0 Å². The molecule has 2 amide bonds. The van der Waals surface area contributed by atoms with Gasteiger partial charge in [0.1, 0.15) is 12.5 Å². The standard InChI is InChI=1S/C7H14N2O4/c1-5(11)8(4-10)9(6(2)12)7(3)13/h4-6,11-12H,1-3H3. The van der Waals surface area contributed by atoms with E-state index in [1.807, 2.05) is 0 Å². The van der Waals surface area contributed by atoms with E-state index in [0.29, 0.717) is 5.01 Å². The van der Waals surface area contributed by atoms with Crippen LogP contribution in [0.4, 0.5) is 0 Å². The van der Waals surface area contributed by atoms with Crippen LogP contribution in [0.15, 0.2) is 0 Å². The summed E-state index contributed by atoms with van der Waals surface area (Å²) < 4.78 is 0. The Morgan fingerprint density at radius 1 is 1.31 bits per heavy atom. The molecule has 0 aromatic rings. The summed E-state index contributed by atoms with van der Waals surface area (Å²) in [5.41, 5.74) is 0. The van der Waals surface area contributed by atoms with Crippen molar-refractivity contribution in [3.63, 3.8) is 0 Å². The molecule has 0 aliphatic rings. The third-order valence-corrected chi connectivity index (χ3v) is 1.42. The summed E-state index contributed by atoms with van der Waals surface area (Å²) in [5.74, 6) is -0.525. The van der Waals surface area contributed by atoms with Crippen LogP contribution in [-0.2, 0) is 9.59 Å². The fourth-order valence-electron chi connectivity index (χ4n) is 0.938. The predicted octanol–water partition coefficient (Wildman–Crippen LogP) is -1.12. The van der Waals surface area contributed by atoms with Crippen molar-refractivity contribution in [3.8, 4) is 0 Å². The highest BCUT2D eigenvalue weighted by atomic mass is 16.3. The van der Waals surface area contributed by atoms with Crippen LogP contribution in [0.25, 0.3) is 0 Å². The smallest absolute Gasteiger partial charge is 0.240 e. The summed E-state index contributed by atoms with van der Waals surface area (Å²) in [5, 5.41) is 19.7. The van der Waals surface area contributed by atoms with Gasteiger partial charge in [0.25, 0.3) is 0 Å². The van der Waals surface area contributed by atoms with Gasteiger partial charge in [0, 0.05) is 6.92 Å². The van der Waals surface area contributed by atoms with Gasteiger partial charge in [0.2, 0.25) is 12.3 Å². The minimum absolute atomic E-state index is 0.277. The summed E-state index contributed by atoms with van der Waals surface area (Å²) in [4.78, 5) is 21.4. The van der Waals surface area contributed by atoms with Crippen LogP contribution in [0.2, 0.25) is 0 Å². The Bertz CT molecular complexity index is 193. The van der Waals surface area contributed by atoms with Gasteiger partial charge in [-0.15, -0.1) is 0 Å². The minimum Gasteiger partial charge on any atom is -0.372 e. The monoisotopic (exact) mass is 190 g/mol. The van der Waals surface area contributed by atoms with Crippen LogP contribution in [0.3, 0.4) is 0 Å². The predicted molar refractivity (Wildman–Crippen MR) is 43.8 cm³/mol. The van der Waals surface area contributed by atoms with Crippen molar-refractivity contribution in [2.75, 3.05) is 0 Å². The maximum atomic E-state index is 10.9. The number of amides is 2. The van der Waals surface area contributed by atoms with Gasteiger partial charge in [0.15, 0.2) is 0 Å². The fourth-order valence-corrected chi connectivity index (χ4v) is 0.938. The molecule has 0 aromatic carbocycles. The molecule has 0 saturated heterocycles. The first kappa shape index (κ1) is 11.9. The highest BCUT2D eigenvalue weighted by Gasteiger charge is 2.24. The maximum absolute atomic E-state index is 10.9. The molecule has 0 aliphatic carbocycles. The van der Waals surface area contributed by atoms with Crippen LogP contribution in [0.5, 0.6) is 0 Å². The SMILES string of the molecule is CC(=O)N(C(C)O)N(C=O)C(C)O. The first-order valence-electron chi connectivity index (χ1n) is 3.81. The highest BCUT2D eigenvalue weighted by Crippen LogP contribution is 2.04. The zero-order valence-electron chi connectivity index (χ0n) is 7.84. The lowest BCUT2D eigenvalue weighted by molar-refractivity contribution is -0.198. The van der Waals surface area contributed by atoms with Gasteiger partial charge in [-0.3, -0.25) is 9.59 Å². The molecule has 6 heteroatoms. The molecule has 76 valence electrons. The van der Waals surface area contributed by atoms with E-state index in [1.165, 1.54) is 20.8 Å². The number of hydrazine groups is 1. The quantitative estimate of drug-likeness (QED) is 0.334. The van der Waals surface area contributed by atoms with E-state index in [1.54, 1.807) is 0 Å². The van der Waals surface area contributed by atoms with Gasteiger partial charge in [0.05, 0.1) is 0 Å². The lowest BCUT2D eigenvalue weighted by Crippen LogP contribution is -2.53. The van der Waals surface area contributed by atoms with Crippen molar-refractivity contribution < 1.29 is 19.8 Å². The second kappa shape index (κ2) is 4.78. The largest absolute Gasteiger partial charge is 0.372 e. The van der Waals surface area contributed by atoms with Crippen LogP contribution >= 0.6 is 0 Å². The first-order chi connectivity index (χ1) is 5.91. The second-order valence-electron chi connectivity index (χ2n) is 2.61. The molecule has 0 rings (SSSR count). The van der Waals surface area contributed by atoms with E-state index in [2.05, 4.69) is 0 Å². The maximum Gasteiger partial charge on any atom is 0.240 e. The minimum atomic E-state index is -1.16. The van der Waals surface area contributed by atoms with Gasteiger partial charge >= 0.3 is 0 Å². The number of aliphatic hydroxyl groups excluding tert-OH is 2. The van der Waals surface area contributed by atoms with Gasteiger partial charge in [-0.25, -0.2) is 10.0 Å². The molecule has 0 bridgehead atoms. The lowest BCUT2D eigenvalue weighted by Gasteiger charge is -2.34. The second-order valence-corrected chi connectivity index (χ2v) is 2.61. The lowest BCUT2D eigenvalue weighted by atomic mass is 10.5. The molecule has 2 atom stereocenters. The molecule has 2 N–H and O–H groups in total. The normalized spacial score (nSPS) is 14.5. The van der Waals surface area contributed by atoms with E-state index < -0.39 is 18.4 Å². The summed E-state index contributed by atoms with van der Waals surface area (Å²) >= 11 is 0. The van der Waals surface area contributed by atoms with Crippen LogP contribution < -0.4 is 0 Å². The Morgan fingerprint density at radius 2 is 1.77 bits per heavy atom. The number of hydrogen-bond acceptors (Lipinski definition) is 4.